The maximum absolute atomic E-state index is 12.6. The molecule has 0 bridgehead atoms. The number of carbonyl (C=O) groups is 1. The molecule has 1 rings (SSSR count). The zero-order valence-corrected chi connectivity index (χ0v) is 15.4. The van der Waals surface area contributed by atoms with E-state index in [0.29, 0.717) is 19.6 Å². The molecule has 0 aliphatic carbocycles. The van der Waals surface area contributed by atoms with Crippen LogP contribution in [0.3, 0.4) is 0 Å². The lowest BCUT2D eigenvalue weighted by atomic mass is 10.0. The smallest absolute Gasteiger partial charge is 0.256 e. The number of amides is 1. The molecule has 1 atom stereocenters. The Morgan fingerprint density at radius 3 is 2.13 bits per heavy atom. The number of ether oxygens (including phenoxy) is 2. The molecule has 1 N–H and O–H groups in total. The van der Waals surface area contributed by atoms with Gasteiger partial charge in [-0.25, -0.2) is 0 Å². The SMILES string of the molecule is CCCOc1c(C)cc(NC(=O)C(C)(CC)OCCC)cc1C. The van der Waals surface area contributed by atoms with Gasteiger partial charge in [0.05, 0.1) is 6.61 Å². The Kier molecular flexibility index (Phi) is 7.56. The molecule has 4 heteroatoms. The van der Waals surface area contributed by atoms with Crippen LogP contribution in [0.15, 0.2) is 12.1 Å². The van der Waals surface area contributed by atoms with Gasteiger partial charge in [-0.15, -0.1) is 0 Å². The molecule has 0 aliphatic rings. The third-order valence-electron chi connectivity index (χ3n) is 3.95. The van der Waals surface area contributed by atoms with E-state index in [1.54, 1.807) is 0 Å². The molecule has 1 amide bonds. The Morgan fingerprint density at radius 1 is 1.09 bits per heavy atom. The van der Waals surface area contributed by atoms with E-state index >= 15 is 0 Å². The molecule has 0 saturated carbocycles. The molecular weight excluding hydrogens is 290 g/mol. The maximum atomic E-state index is 12.6. The molecule has 0 aromatic heterocycles. The molecule has 0 spiro atoms. The van der Waals surface area contributed by atoms with Crippen LogP contribution in [0.5, 0.6) is 5.75 Å². The Labute approximate surface area is 140 Å². The van der Waals surface area contributed by atoms with Crippen LogP contribution in [0.2, 0.25) is 0 Å². The van der Waals surface area contributed by atoms with Crippen LogP contribution in [0, 0.1) is 13.8 Å². The Hall–Kier alpha value is -1.55. The van der Waals surface area contributed by atoms with Crippen LogP contribution < -0.4 is 10.1 Å². The highest BCUT2D eigenvalue weighted by Gasteiger charge is 2.32. The molecule has 1 unspecified atom stereocenters. The van der Waals surface area contributed by atoms with Gasteiger partial charge in [0, 0.05) is 12.3 Å². The fourth-order valence-electron chi connectivity index (χ4n) is 2.37. The first-order valence-electron chi connectivity index (χ1n) is 8.57. The van der Waals surface area contributed by atoms with Gasteiger partial charge in [-0.05, 0) is 63.3 Å². The molecule has 130 valence electrons. The predicted octanol–water partition coefficient (Wildman–Crippen LogP) is 4.63. The standard InChI is InChI=1S/C19H31NO3/c1-7-10-22-17-14(4)12-16(13-15(17)5)20-18(21)19(6,9-3)23-11-8-2/h12-13H,7-11H2,1-6H3,(H,20,21). The third-order valence-corrected chi connectivity index (χ3v) is 3.95. The second-order valence-electron chi connectivity index (χ2n) is 6.17. The van der Waals surface area contributed by atoms with Crippen molar-refractivity contribution in [3.05, 3.63) is 23.3 Å². The molecule has 0 fully saturated rings. The number of rotatable bonds is 9. The zero-order chi connectivity index (χ0) is 17.5. The van der Waals surface area contributed by atoms with Crippen molar-refractivity contribution in [3.63, 3.8) is 0 Å². The summed E-state index contributed by atoms with van der Waals surface area (Å²) < 4.78 is 11.5. The van der Waals surface area contributed by atoms with Gasteiger partial charge in [-0.2, -0.15) is 0 Å². The van der Waals surface area contributed by atoms with Crippen molar-refractivity contribution in [1.29, 1.82) is 0 Å². The second-order valence-corrected chi connectivity index (χ2v) is 6.17. The summed E-state index contributed by atoms with van der Waals surface area (Å²) >= 11 is 0. The number of anilines is 1. The summed E-state index contributed by atoms with van der Waals surface area (Å²) in [6.07, 6.45) is 2.50. The van der Waals surface area contributed by atoms with E-state index in [9.17, 15) is 4.79 Å². The highest BCUT2D eigenvalue weighted by Crippen LogP contribution is 2.28. The molecule has 0 saturated heterocycles. The van der Waals surface area contributed by atoms with E-state index in [0.717, 1.165) is 35.4 Å². The second kappa shape index (κ2) is 8.92. The Balaban J connectivity index is 2.89. The van der Waals surface area contributed by atoms with Gasteiger partial charge in [-0.1, -0.05) is 20.8 Å². The van der Waals surface area contributed by atoms with Gasteiger partial charge in [-0.3, -0.25) is 4.79 Å². The van der Waals surface area contributed by atoms with Crippen molar-refractivity contribution in [2.45, 2.75) is 66.4 Å². The fourth-order valence-corrected chi connectivity index (χ4v) is 2.37. The third kappa shape index (κ3) is 5.24. The molecule has 23 heavy (non-hydrogen) atoms. The van der Waals surface area contributed by atoms with E-state index in [4.69, 9.17) is 9.47 Å². The highest BCUT2D eigenvalue weighted by atomic mass is 16.5. The van der Waals surface area contributed by atoms with Gasteiger partial charge in [0.15, 0.2) is 0 Å². The van der Waals surface area contributed by atoms with Crippen LogP contribution in [-0.4, -0.2) is 24.7 Å². The van der Waals surface area contributed by atoms with E-state index in [-0.39, 0.29) is 5.91 Å². The Morgan fingerprint density at radius 2 is 1.65 bits per heavy atom. The van der Waals surface area contributed by atoms with Crippen molar-refractivity contribution in [2.75, 3.05) is 18.5 Å². The van der Waals surface area contributed by atoms with Gasteiger partial charge >= 0.3 is 0 Å². The number of hydrogen-bond donors (Lipinski definition) is 1. The first kappa shape index (κ1) is 19.5. The first-order chi connectivity index (χ1) is 10.9. The van der Waals surface area contributed by atoms with Crippen molar-refractivity contribution in [3.8, 4) is 5.75 Å². The summed E-state index contributed by atoms with van der Waals surface area (Å²) in [7, 11) is 0. The van der Waals surface area contributed by atoms with Crippen LogP contribution in [0.25, 0.3) is 0 Å². The van der Waals surface area contributed by atoms with E-state index in [1.165, 1.54) is 0 Å². The van der Waals surface area contributed by atoms with Crippen LogP contribution >= 0.6 is 0 Å². The van der Waals surface area contributed by atoms with E-state index in [2.05, 4.69) is 12.2 Å². The zero-order valence-electron chi connectivity index (χ0n) is 15.4. The number of nitrogens with one attached hydrogen (secondary N) is 1. The Bertz CT molecular complexity index is 504. The lowest BCUT2D eigenvalue weighted by Gasteiger charge is -2.27. The summed E-state index contributed by atoms with van der Waals surface area (Å²) in [5, 5.41) is 2.99. The van der Waals surface area contributed by atoms with Crippen molar-refractivity contribution in [2.24, 2.45) is 0 Å². The molecular formula is C19H31NO3. The molecule has 0 radical (unpaired) electrons. The average molecular weight is 321 g/mol. The minimum Gasteiger partial charge on any atom is -0.493 e. The predicted molar refractivity (Wildman–Crippen MR) is 95.3 cm³/mol. The van der Waals surface area contributed by atoms with Gasteiger partial charge in [0.1, 0.15) is 11.4 Å². The largest absolute Gasteiger partial charge is 0.493 e. The summed E-state index contributed by atoms with van der Waals surface area (Å²) in [4.78, 5) is 12.6. The minimum atomic E-state index is -0.796. The number of benzene rings is 1. The van der Waals surface area contributed by atoms with Gasteiger partial charge < -0.3 is 14.8 Å². The monoisotopic (exact) mass is 321 g/mol. The lowest BCUT2D eigenvalue weighted by Crippen LogP contribution is -2.42. The molecule has 4 nitrogen and oxygen atoms in total. The quantitative estimate of drug-likeness (QED) is 0.721. The van der Waals surface area contributed by atoms with Crippen LogP contribution in [0.1, 0.15) is 58.1 Å². The van der Waals surface area contributed by atoms with Crippen molar-refractivity contribution >= 4 is 11.6 Å². The van der Waals surface area contributed by atoms with Gasteiger partial charge in [0.25, 0.3) is 5.91 Å². The van der Waals surface area contributed by atoms with Crippen LogP contribution in [-0.2, 0) is 9.53 Å². The summed E-state index contributed by atoms with van der Waals surface area (Å²) in [6.45, 7) is 13.2. The summed E-state index contributed by atoms with van der Waals surface area (Å²) in [5.74, 6) is 0.805. The van der Waals surface area contributed by atoms with Gasteiger partial charge in [0.2, 0.25) is 0 Å². The maximum Gasteiger partial charge on any atom is 0.256 e. The van der Waals surface area contributed by atoms with Crippen molar-refractivity contribution < 1.29 is 14.3 Å². The van der Waals surface area contributed by atoms with E-state index in [1.807, 2.05) is 46.8 Å². The van der Waals surface area contributed by atoms with Crippen LogP contribution in [0.4, 0.5) is 5.69 Å². The number of aryl methyl sites for hydroxylation is 2. The molecule has 0 heterocycles. The molecule has 1 aromatic carbocycles. The summed E-state index contributed by atoms with van der Waals surface area (Å²) in [5.41, 5.74) is 2.05. The number of carbonyl (C=O) groups excluding carboxylic acids is 1. The highest BCUT2D eigenvalue weighted by molar-refractivity contribution is 5.97. The molecule has 1 aromatic rings. The average Bonchev–Trinajstić information content (AvgIpc) is 2.51. The summed E-state index contributed by atoms with van der Waals surface area (Å²) in [6, 6.07) is 3.90. The topological polar surface area (TPSA) is 47.6 Å². The first-order valence-corrected chi connectivity index (χ1v) is 8.57. The number of hydrogen-bond acceptors (Lipinski definition) is 3. The molecule has 0 aliphatic heterocycles. The fraction of sp³-hybridized carbons (Fsp3) is 0.632. The van der Waals surface area contributed by atoms with Crippen molar-refractivity contribution in [1.82, 2.24) is 0 Å². The van der Waals surface area contributed by atoms with E-state index < -0.39 is 5.60 Å². The lowest BCUT2D eigenvalue weighted by molar-refractivity contribution is -0.139. The minimum absolute atomic E-state index is 0.102. The normalized spacial score (nSPS) is 13.5.